The third-order valence-electron chi connectivity index (χ3n) is 3.03. The third kappa shape index (κ3) is 2.65. The lowest BCUT2D eigenvalue weighted by molar-refractivity contribution is 0.504. The summed E-state index contributed by atoms with van der Waals surface area (Å²) in [6, 6.07) is 3.79. The van der Waals surface area contributed by atoms with Crippen LogP contribution < -0.4 is 4.90 Å². The highest BCUT2D eigenvalue weighted by atomic mass is 16.4. The molecule has 0 radical (unpaired) electrons. The number of aryl methyl sites for hydroxylation is 2. The van der Waals surface area contributed by atoms with Crippen LogP contribution in [0.2, 0.25) is 0 Å². The molecule has 0 aliphatic rings. The Hall–Kier alpha value is -2.63. The predicted octanol–water partition coefficient (Wildman–Crippen LogP) is 3.02. The molecule has 3 heterocycles. The second kappa shape index (κ2) is 5.40. The zero-order chi connectivity index (χ0) is 14.8. The van der Waals surface area contributed by atoms with E-state index in [0.717, 1.165) is 11.6 Å². The summed E-state index contributed by atoms with van der Waals surface area (Å²) in [5, 5.41) is 0. The van der Waals surface area contributed by atoms with E-state index in [2.05, 4.69) is 21.5 Å². The van der Waals surface area contributed by atoms with Crippen LogP contribution in [0.4, 0.5) is 5.82 Å². The van der Waals surface area contributed by atoms with Crippen molar-refractivity contribution in [2.45, 2.75) is 20.4 Å². The molecule has 0 spiro atoms. The first-order valence-corrected chi connectivity index (χ1v) is 6.67. The zero-order valence-electron chi connectivity index (χ0n) is 12.0. The van der Waals surface area contributed by atoms with E-state index in [9.17, 15) is 0 Å². The van der Waals surface area contributed by atoms with E-state index in [1.807, 2.05) is 30.0 Å². The molecule has 0 bridgehead atoms. The van der Waals surface area contributed by atoms with Gasteiger partial charge in [-0.05, 0) is 19.1 Å². The lowest BCUT2D eigenvalue weighted by Gasteiger charge is -2.21. The van der Waals surface area contributed by atoms with Crippen molar-refractivity contribution >= 4 is 17.0 Å². The maximum Gasteiger partial charge on any atom is 0.252 e. The fraction of sp³-hybridized carbons (Fsp3) is 0.267. The molecule has 0 N–H and O–H groups in total. The Balaban J connectivity index is 2.07. The Morgan fingerprint density at radius 2 is 2.14 bits per heavy atom. The van der Waals surface area contributed by atoms with Gasteiger partial charge in [-0.2, -0.15) is 4.98 Å². The molecule has 0 aromatic carbocycles. The van der Waals surface area contributed by atoms with Gasteiger partial charge in [0.2, 0.25) is 0 Å². The summed E-state index contributed by atoms with van der Waals surface area (Å²) in [6.07, 6.45) is 3.47. The van der Waals surface area contributed by atoms with Crippen molar-refractivity contribution in [2.75, 3.05) is 11.4 Å². The van der Waals surface area contributed by atoms with Crippen molar-refractivity contribution in [1.82, 2.24) is 15.0 Å². The molecule has 0 unspecified atom stereocenters. The fourth-order valence-electron chi connectivity index (χ4n) is 2.21. The van der Waals surface area contributed by atoms with Crippen LogP contribution in [0.3, 0.4) is 0 Å². The van der Waals surface area contributed by atoms with Gasteiger partial charge in [0.15, 0.2) is 17.2 Å². The number of furan rings is 1. The highest BCUT2D eigenvalue weighted by molar-refractivity contribution is 5.82. The van der Waals surface area contributed by atoms with Gasteiger partial charge < -0.3 is 13.7 Å². The number of hydrogen-bond acceptors (Lipinski definition) is 6. The first kappa shape index (κ1) is 13.4. The summed E-state index contributed by atoms with van der Waals surface area (Å²) in [7, 11) is 0. The molecule has 3 aromatic heterocycles. The van der Waals surface area contributed by atoms with E-state index in [1.165, 1.54) is 0 Å². The van der Waals surface area contributed by atoms with Gasteiger partial charge in [0.1, 0.15) is 11.6 Å². The van der Waals surface area contributed by atoms with E-state index in [4.69, 9.17) is 8.83 Å². The van der Waals surface area contributed by atoms with Crippen LogP contribution in [-0.2, 0) is 6.54 Å². The van der Waals surface area contributed by atoms with Crippen LogP contribution in [0.1, 0.15) is 17.5 Å². The second-order valence-corrected chi connectivity index (χ2v) is 4.73. The van der Waals surface area contributed by atoms with Crippen LogP contribution in [0.15, 0.2) is 39.9 Å². The SMILES string of the molecule is C=CCN(Cc1ccco1)c1nc(C)nc2oc(C)nc12. The molecule has 0 aliphatic carbocycles. The predicted molar refractivity (Wildman–Crippen MR) is 79.0 cm³/mol. The molecule has 6 heteroatoms. The maximum atomic E-state index is 5.51. The van der Waals surface area contributed by atoms with E-state index in [0.29, 0.717) is 36.0 Å². The van der Waals surface area contributed by atoms with E-state index >= 15 is 0 Å². The molecule has 0 atom stereocenters. The molecule has 0 amide bonds. The Morgan fingerprint density at radius 1 is 1.29 bits per heavy atom. The maximum absolute atomic E-state index is 5.51. The number of nitrogens with zero attached hydrogens (tertiary/aromatic N) is 4. The van der Waals surface area contributed by atoms with Crippen molar-refractivity contribution in [2.24, 2.45) is 0 Å². The van der Waals surface area contributed by atoms with Crippen molar-refractivity contribution in [3.8, 4) is 0 Å². The second-order valence-electron chi connectivity index (χ2n) is 4.73. The Labute approximate surface area is 122 Å². The molecule has 0 fully saturated rings. The van der Waals surface area contributed by atoms with E-state index in [1.54, 1.807) is 13.2 Å². The summed E-state index contributed by atoms with van der Waals surface area (Å²) in [5.41, 5.74) is 1.16. The molecule has 0 aliphatic heterocycles. The van der Waals surface area contributed by atoms with Gasteiger partial charge in [-0.25, -0.2) is 9.97 Å². The summed E-state index contributed by atoms with van der Waals surface area (Å²) in [6.45, 7) is 8.64. The lowest BCUT2D eigenvalue weighted by atomic mass is 10.3. The topological polar surface area (TPSA) is 68.2 Å². The first-order valence-electron chi connectivity index (χ1n) is 6.67. The Bertz CT molecular complexity index is 761. The molecule has 21 heavy (non-hydrogen) atoms. The quantitative estimate of drug-likeness (QED) is 0.671. The summed E-state index contributed by atoms with van der Waals surface area (Å²) >= 11 is 0. The third-order valence-corrected chi connectivity index (χ3v) is 3.03. The Kier molecular flexibility index (Phi) is 3.43. The number of anilines is 1. The first-order chi connectivity index (χ1) is 10.2. The van der Waals surface area contributed by atoms with Gasteiger partial charge in [0, 0.05) is 13.5 Å². The highest BCUT2D eigenvalue weighted by Gasteiger charge is 2.18. The van der Waals surface area contributed by atoms with Gasteiger partial charge >= 0.3 is 0 Å². The van der Waals surface area contributed by atoms with Crippen molar-refractivity contribution in [3.05, 3.63) is 48.5 Å². The van der Waals surface area contributed by atoms with Gasteiger partial charge in [0.25, 0.3) is 5.71 Å². The molecular weight excluding hydrogens is 268 g/mol. The number of fused-ring (bicyclic) bond motifs is 1. The molecule has 108 valence electrons. The molecule has 0 saturated carbocycles. The van der Waals surface area contributed by atoms with Gasteiger partial charge in [0.05, 0.1) is 12.8 Å². The fourth-order valence-corrected chi connectivity index (χ4v) is 2.21. The number of rotatable bonds is 5. The van der Waals surface area contributed by atoms with Crippen molar-refractivity contribution in [3.63, 3.8) is 0 Å². The van der Waals surface area contributed by atoms with Crippen LogP contribution in [0.5, 0.6) is 0 Å². The molecule has 3 rings (SSSR count). The zero-order valence-corrected chi connectivity index (χ0v) is 12.0. The number of oxazole rings is 1. The monoisotopic (exact) mass is 284 g/mol. The standard InChI is InChI=1S/C15H16N4O2/c1-4-7-19(9-12-6-5-8-20-12)14-13-15(17-10(2)16-14)21-11(3)18-13/h4-6,8H,1,7,9H2,2-3H3. The minimum atomic E-state index is 0.503. The van der Waals surface area contributed by atoms with Gasteiger partial charge in [-0.3, -0.25) is 0 Å². The van der Waals surface area contributed by atoms with Crippen molar-refractivity contribution < 1.29 is 8.83 Å². The van der Waals surface area contributed by atoms with E-state index < -0.39 is 0 Å². The number of hydrogen-bond donors (Lipinski definition) is 0. The lowest BCUT2D eigenvalue weighted by Crippen LogP contribution is -2.24. The molecular formula is C15H16N4O2. The summed E-state index contributed by atoms with van der Waals surface area (Å²) in [4.78, 5) is 15.2. The smallest absolute Gasteiger partial charge is 0.252 e. The minimum Gasteiger partial charge on any atom is -0.467 e. The van der Waals surface area contributed by atoms with Crippen LogP contribution in [0.25, 0.3) is 11.2 Å². The normalized spacial score (nSPS) is 11.0. The average molecular weight is 284 g/mol. The highest BCUT2D eigenvalue weighted by Crippen LogP contribution is 2.25. The largest absolute Gasteiger partial charge is 0.467 e. The van der Waals surface area contributed by atoms with Crippen LogP contribution in [0, 0.1) is 13.8 Å². The minimum absolute atomic E-state index is 0.503. The van der Waals surface area contributed by atoms with Gasteiger partial charge in [-0.15, -0.1) is 6.58 Å². The Morgan fingerprint density at radius 3 is 2.86 bits per heavy atom. The average Bonchev–Trinajstić information content (AvgIpc) is 3.05. The van der Waals surface area contributed by atoms with Crippen molar-refractivity contribution in [1.29, 1.82) is 0 Å². The van der Waals surface area contributed by atoms with Gasteiger partial charge in [-0.1, -0.05) is 6.08 Å². The summed E-state index contributed by atoms with van der Waals surface area (Å²) < 4.78 is 10.9. The molecule has 6 nitrogen and oxygen atoms in total. The molecule has 0 saturated heterocycles. The molecule has 3 aromatic rings. The number of aromatic nitrogens is 3. The van der Waals surface area contributed by atoms with Crippen LogP contribution >= 0.6 is 0 Å². The van der Waals surface area contributed by atoms with Crippen LogP contribution in [-0.4, -0.2) is 21.5 Å². The van der Waals surface area contributed by atoms with E-state index in [-0.39, 0.29) is 0 Å². The summed E-state index contributed by atoms with van der Waals surface area (Å²) in [5.74, 6) is 2.79.